The molecule has 2 rings (SSSR count). The quantitative estimate of drug-likeness (QED) is 0.292. The highest BCUT2D eigenvalue weighted by molar-refractivity contribution is 7.88. The minimum absolute atomic E-state index is 0.00795. The largest absolute Gasteiger partial charge is 0.381 e. The fourth-order valence-electron chi connectivity index (χ4n) is 3.11. The van der Waals surface area contributed by atoms with E-state index in [-0.39, 0.29) is 5.75 Å². The Morgan fingerprint density at radius 1 is 1.13 bits per heavy atom. The predicted octanol–water partition coefficient (Wildman–Crippen LogP) is 1.72. The van der Waals surface area contributed by atoms with E-state index in [0.717, 1.165) is 50.1 Å². The van der Waals surface area contributed by atoms with Gasteiger partial charge >= 0.3 is 0 Å². The van der Waals surface area contributed by atoms with Gasteiger partial charge in [-0.3, -0.25) is 4.99 Å². The van der Waals surface area contributed by atoms with E-state index < -0.39 is 10.0 Å². The number of hydrogen-bond donors (Lipinski definition) is 2. The number of hydrogen-bond acceptors (Lipinski definition) is 5. The van der Waals surface area contributed by atoms with Gasteiger partial charge in [-0.25, -0.2) is 8.42 Å². The van der Waals surface area contributed by atoms with Gasteiger partial charge in [-0.2, -0.15) is 4.31 Å². The number of unbranched alkanes of at least 4 members (excludes halogenated alkanes) is 1. The Bertz CT molecular complexity index is 749. The first-order valence-corrected chi connectivity index (χ1v) is 12.3. The van der Waals surface area contributed by atoms with Crippen molar-refractivity contribution in [2.45, 2.75) is 38.5 Å². The van der Waals surface area contributed by atoms with E-state index in [1.807, 2.05) is 24.3 Å². The number of guanidine groups is 1. The third kappa shape index (κ3) is 8.59. The number of morpholine rings is 1. The first-order chi connectivity index (χ1) is 14.6. The van der Waals surface area contributed by atoms with E-state index in [2.05, 4.69) is 22.5 Å². The third-order valence-corrected chi connectivity index (χ3v) is 6.72. The van der Waals surface area contributed by atoms with Gasteiger partial charge in [0.15, 0.2) is 5.96 Å². The zero-order valence-electron chi connectivity index (χ0n) is 18.2. The Hall–Kier alpha value is -1.68. The van der Waals surface area contributed by atoms with E-state index in [4.69, 9.17) is 9.47 Å². The molecule has 30 heavy (non-hydrogen) atoms. The second-order valence-corrected chi connectivity index (χ2v) is 9.18. The summed E-state index contributed by atoms with van der Waals surface area (Å²) in [5.41, 5.74) is 1.75. The summed E-state index contributed by atoms with van der Waals surface area (Å²) < 4.78 is 37.9. The Morgan fingerprint density at radius 2 is 1.83 bits per heavy atom. The van der Waals surface area contributed by atoms with E-state index in [9.17, 15) is 8.42 Å². The molecule has 0 aliphatic carbocycles. The van der Waals surface area contributed by atoms with E-state index >= 15 is 0 Å². The molecule has 9 heteroatoms. The predicted molar refractivity (Wildman–Crippen MR) is 120 cm³/mol. The Labute approximate surface area is 181 Å². The monoisotopic (exact) mass is 440 g/mol. The van der Waals surface area contributed by atoms with Crippen LogP contribution in [0.5, 0.6) is 0 Å². The van der Waals surface area contributed by atoms with Gasteiger partial charge in [-0.1, -0.05) is 37.6 Å². The molecule has 2 N–H and O–H groups in total. The molecule has 1 fully saturated rings. The molecule has 0 amide bonds. The molecule has 0 atom stereocenters. The topological polar surface area (TPSA) is 92.3 Å². The standard InChI is InChI=1S/C21H36N4O4S/c1-3-4-13-28-14-7-10-23-21(22-2)24-17-19-8-5-6-9-20(19)18-30(26,27)25-11-15-29-16-12-25/h5-6,8-9H,3-4,7,10-18H2,1-2H3,(H2,22,23,24). The third-order valence-electron chi connectivity index (χ3n) is 4.89. The summed E-state index contributed by atoms with van der Waals surface area (Å²) in [6.45, 7) is 6.70. The molecule has 0 unspecified atom stereocenters. The van der Waals surface area contributed by atoms with Gasteiger partial charge < -0.3 is 20.1 Å². The molecule has 170 valence electrons. The van der Waals surface area contributed by atoms with Crippen molar-refractivity contribution < 1.29 is 17.9 Å². The van der Waals surface area contributed by atoms with Gasteiger partial charge in [0.25, 0.3) is 0 Å². The number of rotatable bonds is 12. The van der Waals surface area contributed by atoms with Crippen LogP contribution < -0.4 is 10.6 Å². The zero-order chi connectivity index (χ0) is 21.7. The second-order valence-electron chi connectivity index (χ2n) is 7.21. The van der Waals surface area contributed by atoms with Crippen molar-refractivity contribution in [1.82, 2.24) is 14.9 Å². The van der Waals surface area contributed by atoms with Crippen molar-refractivity contribution in [3.05, 3.63) is 35.4 Å². The van der Waals surface area contributed by atoms with Crippen molar-refractivity contribution in [3.8, 4) is 0 Å². The highest BCUT2D eigenvalue weighted by atomic mass is 32.2. The van der Waals surface area contributed by atoms with Gasteiger partial charge in [-0.05, 0) is 24.0 Å². The van der Waals surface area contributed by atoms with Gasteiger partial charge in [0, 0.05) is 46.4 Å². The maximum Gasteiger partial charge on any atom is 0.218 e. The molecule has 1 saturated heterocycles. The lowest BCUT2D eigenvalue weighted by Crippen LogP contribution is -2.41. The summed E-state index contributed by atoms with van der Waals surface area (Å²) in [7, 11) is -1.64. The van der Waals surface area contributed by atoms with Crippen LogP contribution in [-0.2, 0) is 31.8 Å². The van der Waals surface area contributed by atoms with Gasteiger partial charge in [0.05, 0.1) is 19.0 Å². The molecule has 0 saturated carbocycles. The van der Waals surface area contributed by atoms with Crippen LogP contribution in [0.4, 0.5) is 0 Å². The molecule has 1 aliphatic heterocycles. The number of nitrogens with one attached hydrogen (secondary N) is 2. The SMILES string of the molecule is CCCCOCCCNC(=NC)NCc1ccccc1CS(=O)(=O)N1CCOCC1. The molecule has 1 aromatic carbocycles. The minimum atomic E-state index is -3.36. The normalized spacial score (nSPS) is 15.9. The summed E-state index contributed by atoms with van der Waals surface area (Å²) in [6, 6.07) is 7.62. The average Bonchev–Trinajstić information content (AvgIpc) is 2.76. The summed E-state index contributed by atoms with van der Waals surface area (Å²) >= 11 is 0. The number of ether oxygens (including phenoxy) is 2. The maximum atomic E-state index is 12.8. The highest BCUT2D eigenvalue weighted by Gasteiger charge is 2.25. The van der Waals surface area contributed by atoms with Gasteiger partial charge in [0.2, 0.25) is 10.0 Å². The van der Waals surface area contributed by atoms with Crippen LogP contribution in [0.3, 0.4) is 0 Å². The lowest BCUT2D eigenvalue weighted by atomic mass is 10.1. The molecular formula is C21H36N4O4S. The van der Waals surface area contributed by atoms with Crippen molar-refractivity contribution in [2.24, 2.45) is 4.99 Å². The summed E-state index contributed by atoms with van der Waals surface area (Å²) in [4.78, 5) is 4.24. The highest BCUT2D eigenvalue weighted by Crippen LogP contribution is 2.16. The number of sulfonamides is 1. The first-order valence-electron chi connectivity index (χ1n) is 10.7. The molecular weight excluding hydrogens is 404 g/mol. The van der Waals surface area contributed by atoms with Crippen molar-refractivity contribution >= 4 is 16.0 Å². The number of aliphatic imine (C=N–C) groups is 1. The smallest absolute Gasteiger partial charge is 0.218 e. The zero-order valence-corrected chi connectivity index (χ0v) is 19.0. The first kappa shape index (κ1) is 24.6. The minimum Gasteiger partial charge on any atom is -0.381 e. The fourth-order valence-corrected chi connectivity index (χ4v) is 4.67. The second kappa shape index (κ2) is 13.6. The summed E-state index contributed by atoms with van der Waals surface area (Å²) in [5, 5.41) is 6.54. The van der Waals surface area contributed by atoms with Gasteiger partial charge in [-0.15, -0.1) is 0 Å². The van der Waals surface area contributed by atoms with Gasteiger partial charge in [0.1, 0.15) is 0 Å². The molecule has 0 bridgehead atoms. The van der Waals surface area contributed by atoms with Crippen LogP contribution in [-0.4, -0.2) is 71.8 Å². The average molecular weight is 441 g/mol. The molecule has 0 radical (unpaired) electrons. The molecule has 1 heterocycles. The lowest BCUT2D eigenvalue weighted by molar-refractivity contribution is 0.0729. The van der Waals surface area contributed by atoms with Crippen LogP contribution in [0.1, 0.15) is 37.3 Å². The number of nitrogens with zero attached hydrogens (tertiary/aromatic N) is 2. The van der Waals surface area contributed by atoms with Crippen molar-refractivity contribution in [2.75, 3.05) is 53.1 Å². The Balaban J connectivity index is 1.83. The Morgan fingerprint density at radius 3 is 2.53 bits per heavy atom. The molecule has 8 nitrogen and oxygen atoms in total. The molecule has 0 aromatic heterocycles. The summed E-state index contributed by atoms with van der Waals surface area (Å²) in [6.07, 6.45) is 3.14. The van der Waals surface area contributed by atoms with E-state index in [1.54, 1.807) is 7.05 Å². The lowest BCUT2D eigenvalue weighted by Gasteiger charge is -2.26. The number of benzene rings is 1. The van der Waals surface area contributed by atoms with Crippen LogP contribution in [0.25, 0.3) is 0 Å². The maximum absolute atomic E-state index is 12.8. The van der Waals surface area contributed by atoms with Crippen molar-refractivity contribution in [3.63, 3.8) is 0 Å². The van der Waals surface area contributed by atoms with Crippen LogP contribution in [0.2, 0.25) is 0 Å². The van der Waals surface area contributed by atoms with Crippen LogP contribution >= 0.6 is 0 Å². The molecule has 1 aromatic rings. The van der Waals surface area contributed by atoms with E-state index in [0.29, 0.717) is 38.8 Å². The van der Waals surface area contributed by atoms with E-state index in [1.165, 1.54) is 4.31 Å². The van der Waals surface area contributed by atoms with Crippen molar-refractivity contribution in [1.29, 1.82) is 0 Å². The Kier molecular flexibility index (Phi) is 11.1. The van der Waals surface area contributed by atoms with Crippen LogP contribution in [0.15, 0.2) is 29.3 Å². The van der Waals surface area contributed by atoms with Crippen LogP contribution in [0, 0.1) is 0 Å². The molecule has 0 spiro atoms. The summed E-state index contributed by atoms with van der Waals surface area (Å²) in [5.74, 6) is 0.681. The fraction of sp³-hybridized carbons (Fsp3) is 0.667. The molecule has 1 aliphatic rings.